The van der Waals surface area contributed by atoms with E-state index >= 15 is 0 Å². The van der Waals surface area contributed by atoms with Crippen molar-refractivity contribution in [1.29, 1.82) is 0 Å². The van der Waals surface area contributed by atoms with Crippen LogP contribution in [0.3, 0.4) is 0 Å². The molecule has 0 aromatic heterocycles. The Morgan fingerprint density at radius 3 is 3.12 bits per heavy atom. The van der Waals surface area contributed by atoms with Gasteiger partial charge in [0.2, 0.25) is 0 Å². The molecule has 0 N–H and O–H groups in total. The van der Waals surface area contributed by atoms with Gasteiger partial charge in [0, 0.05) is 0 Å². The van der Waals surface area contributed by atoms with Crippen molar-refractivity contribution in [2.45, 2.75) is 13.0 Å². The van der Waals surface area contributed by atoms with Crippen molar-refractivity contribution in [2.75, 3.05) is 0 Å². The Hall–Kier alpha value is -0.850. The largest absolute Gasteiger partial charge is 0.273 e. The average molecular weight is 105 g/mol. The van der Waals surface area contributed by atoms with E-state index in [0.29, 0.717) is 6.04 Å². The monoisotopic (exact) mass is 105 g/mol. The van der Waals surface area contributed by atoms with Crippen molar-refractivity contribution in [3.63, 3.8) is 0 Å². The Morgan fingerprint density at radius 2 is 2.50 bits per heavy atom. The molecule has 1 heteroatoms. The summed E-state index contributed by atoms with van der Waals surface area (Å²) in [6, 6.07) is 0.472. The van der Waals surface area contributed by atoms with E-state index in [0.717, 1.165) is 0 Å². The van der Waals surface area contributed by atoms with E-state index in [1.807, 2.05) is 0 Å². The smallest absolute Gasteiger partial charge is 0.111 e. The van der Waals surface area contributed by atoms with Gasteiger partial charge in [-0.2, -0.15) is 0 Å². The molecule has 0 aromatic rings. The van der Waals surface area contributed by atoms with Gasteiger partial charge in [-0.05, 0) is 12.5 Å². The molecule has 8 heavy (non-hydrogen) atoms. The van der Waals surface area contributed by atoms with Crippen LogP contribution in [0, 0.1) is 0 Å². The Kier molecular flexibility index (Phi) is 0.562. The van der Waals surface area contributed by atoms with Crippen LogP contribution in [0.4, 0.5) is 0 Å². The van der Waals surface area contributed by atoms with Crippen LogP contribution in [0.1, 0.15) is 6.92 Å². The number of rotatable bonds is 0. The van der Waals surface area contributed by atoms with E-state index in [-0.39, 0.29) is 0 Å². The molecule has 0 radical (unpaired) electrons. The van der Waals surface area contributed by atoms with Crippen molar-refractivity contribution >= 4 is 5.71 Å². The number of hydrogen-bond donors (Lipinski definition) is 0. The normalized spacial score (nSPS) is 30.9. The maximum atomic E-state index is 4.20. The van der Waals surface area contributed by atoms with E-state index in [9.17, 15) is 0 Å². The first-order valence-corrected chi connectivity index (χ1v) is 2.81. The highest BCUT2D eigenvalue weighted by molar-refractivity contribution is 6.15. The van der Waals surface area contributed by atoms with Crippen LogP contribution in [0.2, 0.25) is 0 Å². The SMILES string of the molecule is CC1=CC=CC2N=C12. The molecule has 0 bridgehead atoms. The Bertz CT molecular complexity index is 208. The molecule has 1 atom stereocenters. The topological polar surface area (TPSA) is 12.4 Å². The fourth-order valence-corrected chi connectivity index (χ4v) is 0.972. The number of allylic oxidation sites excluding steroid dienone is 2. The first-order valence-electron chi connectivity index (χ1n) is 2.81. The van der Waals surface area contributed by atoms with Crippen molar-refractivity contribution in [3.05, 3.63) is 23.8 Å². The van der Waals surface area contributed by atoms with E-state index in [1.165, 1.54) is 11.3 Å². The fourth-order valence-electron chi connectivity index (χ4n) is 0.972. The van der Waals surface area contributed by atoms with Gasteiger partial charge < -0.3 is 0 Å². The van der Waals surface area contributed by atoms with Crippen LogP contribution in [0.25, 0.3) is 0 Å². The predicted octanol–water partition coefficient (Wildman–Crippen LogP) is 1.33. The molecule has 2 aliphatic rings. The molecule has 0 saturated carbocycles. The van der Waals surface area contributed by atoms with E-state index < -0.39 is 0 Å². The second kappa shape index (κ2) is 1.10. The summed E-state index contributed by atoms with van der Waals surface area (Å²) in [6.45, 7) is 2.10. The molecule has 1 aliphatic heterocycles. The highest BCUT2D eigenvalue weighted by Gasteiger charge is 2.26. The Balaban J connectivity index is 2.40. The summed E-state index contributed by atoms with van der Waals surface area (Å²) in [5, 5.41) is 0. The van der Waals surface area contributed by atoms with Gasteiger partial charge in [-0.15, -0.1) is 0 Å². The summed E-state index contributed by atoms with van der Waals surface area (Å²) in [5.74, 6) is 0. The lowest BCUT2D eigenvalue weighted by Crippen LogP contribution is -1.97. The number of hydrogen-bond acceptors (Lipinski definition) is 1. The molecule has 1 aliphatic carbocycles. The summed E-state index contributed by atoms with van der Waals surface area (Å²) in [4.78, 5) is 4.20. The molecular weight excluding hydrogens is 98.1 g/mol. The van der Waals surface area contributed by atoms with E-state index in [1.54, 1.807) is 0 Å². The Labute approximate surface area is 48.4 Å². The van der Waals surface area contributed by atoms with Gasteiger partial charge in [0.1, 0.15) is 6.04 Å². The zero-order valence-electron chi connectivity index (χ0n) is 4.76. The molecule has 0 saturated heterocycles. The minimum Gasteiger partial charge on any atom is -0.273 e. The van der Waals surface area contributed by atoms with E-state index in [2.05, 4.69) is 30.1 Å². The molecule has 1 heterocycles. The highest BCUT2D eigenvalue weighted by atomic mass is 15.0. The summed E-state index contributed by atoms with van der Waals surface area (Å²) in [5.41, 5.74) is 2.62. The van der Waals surface area contributed by atoms with Gasteiger partial charge in [-0.25, -0.2) is 0 Å². The third-order valence-corrected chi connectivity index (χ3v) is 1.53. The first-order chi connectivity index (χ1) is 3.88. The summed E-state index contributed by atoms with van der Waals surface area (Å²) in [7, 11) is 0. The number of nitrogens with zero attached hydrogens (tertiary/aromatic N) is 1. The van der Waals surface area contributed by atoms with Gasteiger partial charge in [0.25, 0.3) is 0 Å². The number of aliphatic imine (C=N–C) groups is 1. The van der Waals surface area contributed by atoms with Gasteiger partial charge in [-0.1, -0.05) is 18.2 Å². The maximum absolute atomic E-state index is 4.20. The minimum atomic E-state index is 0.472. The summed E-state index contributed by atoms with van der Waals surface area (Å²) in [6.07, 6.45) is 6.28. The van der Waals surface area contributed by atoms with Crippen molar-refractivity contribution in [1.82, 2.24) is 0 Å². The second-order valence-electron chi connectivity index (χ2n) is 2.19. The van der Waals surface area contributed by atoms with Gasteiger partial charge in [-0.3, -0.25) is 4.99 Å². The summed E-state index contributed by atoms with van der Waals surface area (Å²) < 4.78 is 0. The highest BCUT2D eigenvalue weighted by Crippen LogP contribution is 2.23. The maximum Gasteiger partial charge on any atom is 0.111 e. The van der Waals surface area contributed by atoms with Crippen LogP contribution in [0.15, 0.2) is 28.8 Å². The molecule has 0 amide bonds. The molecule has 2 rings (SSSR count). The van der Waals surface area contributed by atoms with Crippen LogP contribution in [0.5, 0.6) is 0 Å². The molecule has 0 aromatic carbocycles. The fraction of sp³-hybridized carbons (Fsp3) is 0.286. The van der Waals surface area contributed by atoms with Crippen LogP contribution >= 0.6 is 0 Å². The lowest BCUT2D eigenvalue weighted by Gasteiger charge is -1.93. The predicted molar refractivity (Wildman–Crippen MR) is 34.1 cm³/mol. The number of fused-ring (bicyclic) bond motifs is 1. The van der Waals surface area contributed by atoms with Gasteiger partial charge in [0.05, 0.1) is 5.71 Å². The quantitative estimate of drug-likeness (QED) is 0.440. The minimum absolute atomic E-state index is 0.472. The second-order valence-corrected chi connectivity index (χ2v) is 2.19. The van der Waals surface area contributed by atoms with Crippen LogP contribution in [-0.4, -0.2) is 11.8 Å². The van der Waals surface area contributed by atoms with Gasteiger partial charge in [0.15, 0.2) is 0 Å². The summed E-state index contributed by atoms with van der Waals surface area (Å²) >= 11 is 0. The lowest BCUT2D eigenvalue weighted by atomic mass is 10.1. The molecule has 0 spiro atoms. The van der Waals surface area contributed by atoms with Crippen LogP contribution in [-0.2, 0) is 0 Å². The van der Waals surface area contributed by atoms with Crippen LogP contribution < -0.4 is 0 Å². The van der Waals surface area contributed by atoms with Crippen molar-refractivity contribution in [3.8, 4) is 0 Å². The molecule has 0 fully saturated rings. The zero-order chi connectivity index (χ0) is 5.56. The van der Waals surface area contributed by atoms with Crippen molar-refractivity contribution < 1.29 is 0 Å². The van der Waals surface area contributed by atoms with Crippen molar-refractivity contribution in [2.24, 2.45) is 4.99 Å². The Morgan fingerprint density at radius 1 is 1.62 bits per heavy atom. The van der Waals surface area contributed by atoms with E-state index in [4.69, 9.17) is 0 Å². The molecular formula is C7H7N. The van der Waals surface area contributed by atoms with Gasteiger partial charge >= 0.3 is 0 Å². The lowest BCUT2D eigenvalue weighted by molar-refractivity contribution is 1.27. The average Bonchev–Trinajstić information content (AvgIpc) is 2.45. The third-order valence-electron chi connectivity index (χ3n) is 1.53. The third kappa shape index (κ3) is 0.386. The standard InChI is InChI=1S/C7H7N/c1-5-3-2-4-6-7(5)8-6/h2-4,6H,1H3. The molecule has 1 nitrogen and oxygen atoms in total. The zero-order valence-corrected chi connectivity index (χ0v) is 4.76. The first kappa shape index (κ1) is 4.07. The molecule has 1 unspecified atom stereocenters. The molecule has 40 valence electrons.